The van der Waals surface area contributed by atoms with Crippen molar-refractivity contribution in [3.63, 3.8) is 0 Å². The highest BCUT2D eigenvalue weighted by Crippen LogP contribution is 2.27. The number of amides is 2. The predicted octanol–water partition coefficient (Wildman–Crippen LogP) is 3.50. The van der Waals surface area contributed by atoms with E-state index < -0.39 is 0 Å². The molecule has 0 heterocycles. The fourth-order valence-electron chi connectivity index (χ4n) is 2.56. The van der Waals surface area contributed by atoms with E-state index in [0.29, 0.717) is 28.4 Å². The van der Waals surface area contributed by atoms with E-state index in [4.69, 9.17) is 11.6 Å². The lowest BCUT2D eigenvalue weighted by Gasteiger charge is -2.13. The summed E-state index contributed by atoms with van der Waals surface area (Å²) in [5, 5.41) is 6.17. The lowest BCUT2D eigenvalue weighted by Crippen LogP contribution is -2.31. The molecule has 0 saturated carbocycles. The van der Waals surface area contributed by atoms with Gasteiger partial charge in [0.15, 0.2) is 0 Å². The molecule has 2 amide bonds. The molecular weight excluding hydrogens is 350 g/mol. The Morgan fingerprint density at radius 3 is 2.31 bits per heavy atom. The zero-order chi connectivity index (χ0) is 19.3. The molecule has 26 heavy (non-hydrogen) atoms. The number of aryl methyl sites for hydroxylation is 2. The van der Waals surface area contributed by atoms with Gasteiger partial charge in [-0.05, 0) is 63.3 Å². The highest BCUT2D eigenvalue weighted by Gasteiger charge is 2.13. The van der Waals surface area contributed by atoms with E-state index in [2.05, 4.69) is 10.6 Å². The quantitative estimate of drug-likeness (QED) is 0.814. The number of hydrogen-bond acceptors (Lipinski definition) is 3. The average molecular weight is 374 g/mol. The van der Waals surface area contributed by atoms with Gasteiger partial charge in [-0.15, -0.1) is 0 Å². The van der Waals surface area contributed by atoms with Crippen molar-refractivity contribution in [3.8, 4) is 0 Å². The van der Waals surface area contributed by atoms with Gasteiger partial charge in [-0.1, -0.05) is 23.7 Å². The summed E-state index contributed by atoms with van der Waals surface area (Å²) in [5.41, 5.74) is 3.36. The number of hydrogen-bond donors (Lipinski definition) is 2. The van der Waals surface area contributed by atoms with Crippen LogP contribution in [0.25, 0.3) is 0 Å². The highest BCUT2D eigenvalue weighted by molar-refractivity contribution is 6.34. The zero-order valence-corrected chi connectivity index (χ0v) is 16.3. The first-order valence-corrected chi connectivity index (χ1v) is 8.77. The molecule has 6 heteroatoms. The van der Waals surface area contributed by atoms with Crippen LogP contribution in [0.3, 0.4) is 0 Å². The van der Waals surface area contributed by atoms with Crippen molar-refractivity contribution in [3.05, 3.63) is 63.7 Å². The van der Waals surface area contributed by atoms with Crippen molar-refractivity contribution in [2.75, 3.05) is 32.5 Å². The SMILES string of the molecule is Cc1cc(C)c(NC(=O)c2cccc(C(=O)NCCN(C)C)c2)c(Cl)c1. The van der Waals surface area contributed by atoms with E-state index in [1.807, 2.05) is 38.9 Å². The largest absolute Gasteiger partial charge is 0.351 e. The number of halogens is 1. The van der Waals surface area contributed by atoms with Gasteiger partial charge in [-0.3, -0.25) is 9.59 Å². The minimum Gasteiger partial charge on any atom is -0.351 e. The van der Waals surface area contributed by atoms with Crippen LogP contribution in [-0.4, -0.2) is 43.9 Å². The molecule has 0 fully saturated rings. The Balaban J connectivity index is 2.12. The fourth-order valence-corrected chi connectivity index (χ4v) is 2.92. The molecule has 0 aliphatic heterocycles. The predicted molar refractivity (Wildman–Crippen MR) is 106 cm³/mol. The van der Waals surface area contributed by atoms with Crippen molar-refractivity contribution in [2.45, 2.75) is 13.8 Å². The Kier molecular flexibility index (Phi) is 6.77. The summed E-state index contributed by atoms with van der Waals surface area (Å²) >= 11 is 6.25. The number of carbonyl (C=O) groups is 2. The Bertz CT molecular complexity index is 795. The average Bonchev–Trinajstić information content (AvgIpc) is 2.57. The fraction of sp³-hybridized carbons (Fsp3) is 0.300. The summed E-state index contributed by atoms with van der Waals surface area (Å²) < 4.78 is 0. The van der Waals surface area contributed by atoms with Crippen molar-refractivity contribution < 1.29 is 9.59 Å². The first-order valence-electron chi connectivity index (χ1n) is 8.39. The molecule has 2 aromatic rings. The van der Waals surface area contributed by atoms with E-state index in [0.717, 1.165) is 17.7 Å². The third-order valence-electron chi connectivity index (χ3n) is 3.90. The Hall–Kier alpha value is -2.37. The Morgan fingerprint density at radius 1 is 1.04 bits per heavy atom. The second kappa shape index (κ2) is 8.83. The van der Waals surface area contributed by atoms with E-state index >= 15 is 0 Å². The van der Waals surface area contributed by atoms with Crippen LogP contribution < -0.4 is 10.6 Å². The number of nitrogens with zero attached hydrogens (tertiary/aromatic N) is 1. The zero-order valence-electron chi connectivity index (χ0n) is 15.5. The lowest BCUT2D eigenvalue weighted by atomic mass is 10.1. The van der Waals surface area contributed by atoms with Crippen LogP contribution in [0.1, 0.15) is 31.8 Å². The normalized spacial score (nSPS) is 10.7. The van der Waals surface area contributed by atoms with Gasteiger partial charge in [0.05, 0.1) is 10.7 Å². The highest BCUT2D eigenvalue weighted by atomic mass is 35.5. The molecule has 2 rings (SSSR count). The molecule has 0 unspecified atom stereocenters. The number of benzene rings is 2. The van der Waals surface area contributed by atoms with Gasteiger partial charge in [0.1, 0.15) is 0 Å². The summed E-state index contributed by atoms with van der Waals surface area (Å²) in [5.74, 6) is -0.507. The number of anilines is 1. The summed E-state index contributed by atoms with van der Waals surface area (Å²) in [7, 11) is 3.88. The summed E-state index contributed by atoms with van der Waals surface area (Å²) in [6.07, 6.45) is 0. The van der Waals surface area contributed by atoms with E-state index in [9.17, 15) is 9.59 Å². The van der Waals surface area contributed by atoms with Crippen LogP contribution >= 0.6 is 11.6 Å². The van der Waals surface area contributed by atoms with Crippen LogP contribution in [0, 0.1) is 13.8 Å². The van der Waals surface area contributed by atoms with Crippen molar-refractivity contribution in [2.24, 2.45) is 0 Å². The molecule has 2 N–H and O–H groups in total. The monoisotopic (exact) mass is 373 g/mol. The number of nitrogens with one attached hydrogen (secondary N) is 2. The minimum absolute atomic E-state index is 0.203. The third kappa shape index (κ3) is 5.31. The minimum atomic E-state index is -0.304. The van der Waals surface area contributed by atoms with Crippen LogP contribution in [-0.2, 0) is 0 Å². The summed E-state index contributed by atoms with van der Waals surface area (Å²) in [6.45, 7) is 5.13. The van der Waals surface area contributed by atoms with Gasteiger partial charge in [0.2, 0.25) is 0 Å². The van der Waals surface area contributed by atoms with Gasteiger partial charge in [-0.25, -0.2) is 0 Å². The number of rotatable bonds is 6. The standard InChI is InChI=1S/C20H24ClN3O2/c1-13-10-14(2)18(17(21)11-13)23-20(26)16-7-5-6-15(12-16)19(25)22-8-9-24(3)4/h5-7,10-12H,8-9H2,1-4H3,(H,22,25)(H,23,26). The number of likely N-dealkylation sites (N-methyl/N-ethyl adjacent to an activating group) is 1. The van der Waals surface area contributed by atoms with E-state index in [1.54, 1.807) is 30.3 Å². The van der Waals surface area contributed by atoms with Crippen LogP contribution in [0.15, 0.2) is 36.4 Å². The molecule has 0 aromatic heterocycles. The lowest BCUT2D eigenvalue weighted by molar-refractivity contribution is 0.0951. The first kappa shape index (κ1) is 19.9. The van der Waals surface area contributed by atoms with E-state index in [-0.39, 0.29) is 11.8 Å². The maximum Gasteiger partial charge on any atom is 0.255 e. The van der Waals surface area contributed by atoms with Crippen molar-refractivity contribution in [1.82, 2.24) is 10.2 Å². The maximum absolute atomic E-state index is 12.6. The summed E-state index contributed by atoms with van der Waals surface area (Å²) in [4.78, 5) is 26.8. The van der Waals surface area contributed by atoms with Gasteiger partial charge in [0.25, 0.3) is 11.8 Å². The molecule has 2 aromatic carbocycles. The molecule has 0 atom stereocenters. The van der Waals surface area contributed by atoms with Gasteiger partial charge in [0, 0.05) is 24.2 Å². The van der Waals surface area contributed by atoms with Crippen LogP contribution in [0.5, 0.6) is 0 Å². The third-order valence-corrected chi connectivity index (χ3v) is 4.20. The van der Waals surface area contributed by atoms with Crippen LogP contribution in [0.2, 0.25) is 5.02 Å². The number of carbonyl (C=O) groups excluding carboxylic acids is 2. The molecule has 0 radical (unpaired) electrons. The molecular formula is C20H24ClN3O2. The molecule has 0 bridgehead atoms. The molecule has 0 aliphatic carbocycles. The topological polar surface area (TPSA) is 61.4 Å². The Labute approximate surface area is 159 Å². The van der Waals surface area contributed by atoms with Crippen LogP contribution in [0.4, 0.5) is 5.69 Å². The van der Waals surface area contributed by atoms with Crippen molar-refractivity contribution in [1.29, 1.82) is 0 Å². The second-order valence-corrected chi connectivity index (χ2v) is 6.94. The molecule has 0 spiro atoms. The molecule has 138 valence electrons. The van der Waals surface area contributed by atoms with Crippen molar-refractivity contribution >= 4 is 29.1 Å². The molecule has 0 aliphatic rings. The van der Waals surface area contributed by atoms with Gasteiger partial charge < -0.3 is 15.5 Å². The Morgan fingerprint density at radius 2 is 1.69 bits per heavy atom. The first-order chi connectivity index (χ1) is 12.3. The molecule has 0 saturated heterocycles. The van der Waals surface area contributed by atoms with Gasteiger partial charge >= 0.3 is 0 Å². The molecule has 5 nitrogen and oxygen atoms in total. The van der Waals surface area contributed by atoms with Gasteiger partial charge in [-0.2, -0.15) is 0 Å². The van der Waals surface area contributed by atoms with E-state index in [1.165, 1.54) is 0 Å². The summed E-state index contributed by atoms with van der Waals surface area (Å²) in [6, 6.07) is 10.4. The maximum atomic E-state index is 12.6. The second-order valence-electron chi connectivity index (χ2n) is 6.53. The smallest absolute Gasteiger partial charge is 0.255 e.